The predicted molar refractivity (Wildman–Crippen MR) is 150 cm³/mol. The van der Waals surface area contributed by atoms with Crippen LogP contribution in [0.3, 0.4) is 0 Å². The number of ether oxygens (including phenoxy) is 5. The van der Waals surface area contributed by atoms with Gasteiger partial charge < -0.3 is 29.4 Å². The van der Waals surface area contributed by atoms with E-state index in [1.807, 2.05) is 0 Å². The second kappa shape index (κ2) is 16.5. The number of esters is 5. The van der Waals surface area contributed by atoms with E-state index in [2.05, 4.69) is 37.0 Å². The number of anilines is 1. The van der Waals surface area contributed by atoms with Crippen LogP contribution in [0.1, 0.15) is 51.9 Å². The minimum atomic E-state index is -1.80. The summed E-state index contributed by atoms with van der Waals surface area (Å²) in [6.07, 6.45) is -6.11. The third-order valence-corrected chi connectivity index (χ3v) is 5.95. The molecule has 15 nitrogen and oxygen atoms in total. The second-order valence-corrected chi connectivity index (χ2v) is 10.2. The van der Waals surface area contributed by atoms with Gasteiger partial charge in [0.25, 0.3) is 5.91 Å². The molecule has 2 N–H and O–H groups in total. The summed E-state index contributed by atoms with van der Waals surface area (Å²) in [4.78, 5) is 85.2. The molecule has 0 heterocycles. The molecule has 0 saturated heterocycles. The Bertz CT molecular complexity index is 1270. The van der Waals surface area contributed by atoms with Gasteiger partial charge in [-0.25, -0.2) is 0 Å². The van der Waals surface area contributed by atoms with Crippen molar-refractivity contribution in [1.29, 1.82) is 0 Å². The molecule has 17 heteroatoms. The van der Waals surface area contributed by atoms with E-state index in [1.165, 1.54) is 6.07 Å². The number of benzene rings is 1. The highest BCUT2D eigenvalue weighted by molar-refractivity contribution is 9.11. The number of hydrogen-bond donors (Lipinski definition) is 1. The Balaban J connectivity index is 3.73. The maximum absolute atomic E-state index is 13.3. The van der Waals surface area contributed by atoms with Crippen molar-refractivity contribution in [3.8, 4) is 0 Å². The van der Waals surface area contributed by atoms with Crippen LogP contribution < -0.4 is 5.73 Å². The van der Waals surface area contributed by atoms with Crippen molar-refractivity contribution < 1.29 is 57.2 Å². The molecule has 0 spiro atoms. The number of carbonyl (C=O) groups is 7. The van der Waals surface area contributed by atoms with Crippen LogP contribution in [0.25, 0.3) is 0 Å². The minimum Gasteiger partial charge on any atom is -0.462 e. The predicted octanol–water partition coefficient (Wildman–Crippen LogP) is 2.06. The van der Waals surface area contributed by atoms with Crippen molar-refractivity contribution in [2.45, 2.75) is 66.0 Å². The molecule has 4 atom stereocenters. The molecule has 0 fully saturated rings. The number of hydrazone groups is 1. The average Bonchev–Trinajstić information content (AvgIpc) is 2.84. The molecule has 0 radical (unpaired) electrons. The lowest BCUT2D eigenvalue weighted by molar-refractivity contribution is -0.197. The van der Waals surface area contributed by atoms with E-state index in [9.17, 15) is 33.6 Å². The zero-order valence-electron chi connectivity index (χ0n) is 23.4. The zero-order valence-corrected chi connectivity index (χ0v) is 26.5. The fraction of sp³-hybridized carbons (Fsp3) is 0.440. The van der Waals surface area contributed by atoms with Crippen LogP contribution in [0, 0.1) is 0 Å². The second-order valence-electron chi connectivity index (χ2n) is 8.42. The van der Waals surface area contributed by atoms with E-state index < -0.39 is 72.7 Å². The monoisotopic (exact) mass is 721 g/mol. The standard InChI is InChI=1S/C25H29Br2N3O12/c1-11(31)30(25(37)18-7-17(26)8-19(27)22(18)28)29-9-20(39-13(3)33)23(41-15(5)35)24(42-16(6)36)21(40-14(4)34)10-38-12(2)32/h7-9,20-21,23-24H,10,28H2,1-6H3/b29-9+/t20-,21+,23+,24-/m0/s1. The van der Waals surface area contributed by atoms with Crippen LogP contribution >= 0.6 is 31.9 Å². The molecule has 2 amide bonds. The summed E-state index contributed by atoms with van der Waals surface area (Å²) >= 11 is 6.43. The van der Waals surface area contributed by atoms with Gasteiger partial charge in [0.15, 0.2) is 24.4 Å². The first kappa shape index (κ1) is 36.2. The van der Waals surface area contributed by atoms with Crippen molar-refractivity contribution in [3.63, 3.8) is 0 Å². The number of carbonyl (C=O) groups excluding carboxylic acids is 7. The van der Waals surface area contributed by atoms with Gasteiger partial charge in [-0.2, -0.15) is 10.1 Å². The van der Waals surface area contributed by atoms with Gasteiger partial charge in [-0.3, -0.25) is 33.6 Å². The highest BCUT2D eigenvalue weighted by atomic mass is 79.9. The topological polar surface area (TPSA) is 207 Å². The highest BCUT2D eigenvalue weighted by Crippen LogP contribution is 2.29. The van der Waals surface area contributed by atoms with E-state index in [-0.39, 0.29) is 11.3 Å². The zero-order chi connectivity index (χ0) is 32.3. The van der Waals surface area contributed by atoms with E-state index in [0.717, 1.165) is 47.8 Å². The quantitative estimate of drug-likeness (QED) is 0.108. The van der Waals surface area contributed by atoms with Gasteiger partial charge in [-0.1, -0.05) is 15.9 Å². The molecular weight excluding hydrogens is 694 g/mol. The summed E-state index contributed by atoms with van der Waals surface area (Å²) in [5.41, 5.74) is 5.86. The molecule has 0 bridgehead atoms. The van der Waals surface area contributed by atoms with Gasteiger partial charge >= 0.3 is 29.8 Å². The van der Waals surface area contributed by atoms with Gasteiger partial charge in [-0.05, 0) is 28.1 Å². The van der Waals surface area contributed by atoms with E-state index in [0.29, 0.717) is 14.0 Å². The Morgan fingerprint density at radius 3 is 1.81 bits per heavy atom. The highest BCUT2D eigenvalue weighted by Gasteiger charge is 2.43. The lowest BCUT2D eigenvalue weighted by Crippen LogP contribution is -2.53. The number of nitrogens with zero attached hydrogens (tertiary/aromatic N) is 2. The molecule has 0 aliphatic rings. The molecule has 0 saturated carbocycles. The Morgan fingerprint density at radius 2 is 1.33 bits per heavy atom. The van der Waals surface area contributed by atoms with Crippen molar-refractivity contribution >= 4 is 85.4 Å². The third-order valence-electron chi connectivity index (χ3n) is 4.83. The number of hydrogen-bond acceptors (Lipinski definition) is 14. The van der Waals surface area contributed by atoms with Crippen LogP contribution in [0.4, 0.5) is 5.69 Å². The van der Waals surface area contributed by atoms with E-state index >= 15 is 0 Å². The number of nitrogens with two attached hydrogens (primary N) is 1. The maximum atomic E-state index is 13.3. The van der Waals surface area contributed by atoms with Crippen LogP contribution in [-0.4, -0.2) is 83.9 Å². The molecule has 230 valence electrons. The van der Waals surface area contributed by atoms with E-state index in [1.54, 1.807) is 6.07 Å². The lowest BCUT2D eigenvalue weighted by Gasteiger charge is -2.34. The largest absolute Gasteiger partial charge is 0.462 e. The molecule has 1 rings (SSSR count). The fourth-order valence-corrected chi connectivity index (χ4v) is 4.55. The molecular formula is C25H29Br2N3O12. The smallest absolute Gasteiger partial charge is 0.303 e. The number of imide groups is 1. The number of rotatable bonds is 12. The molecule has 0 aromatic heterocycles. The Kier molecular flexibility index (Phi) is 14.3. The van der Waals surface area contributed by atoms with Crippen LogP contribution in [0.2, 0.25) is 0 Å². The number of nitrogen functional groups attached to an aromatic ring is 1. The van der Waals surface area contributed by atoms with Crippen molar-refractivity contribution in [2.75, 3.05) is 12.3 Å². The van der Waals surface area contributed by atoms with Crippen LogP contribution in [0.15, 0.2) is 26.2 Å². The average molecular weight is 723 g/mol. The summed E-state index contributed by atoms with van der Waals surface area (Å²) in [5, 5.41) is 4.26. The number of halogens is 2. The summed E-state index contributed by atoms with van der Waals surface area (Å²) in [5.74, 6) is -6.42. The fourth-order valence-electron chi connectivity index (χ4n) is 3.33. The molecule has 0 unspecified atom stereocenters. The van der Waals surface area contributed by atoms with Gasteiger partial charge in [0, 0.05) is 50.5 Å². The Hall–Kier alpha value is -3.86. The first-order valence-electron chi connectivity index (χ1n) is 11.9. The van der Waals surface area contributed by atoms with Gasteiger partial charge in [0.05, 0.1) is 17.5 Å². The van der Waals surface area contributed by atoms with Crippen LogP contribution in [-0.2, 0) is 52.5 Å². The van der Waals surface area contributed by atoms with Gasteiger partial charge in [0.2, 0.25) is 5.91 Å². The molecule has 42 heavy (non-hydrogen) atoms. The third kappa shape index (κ3) is 11.6. The molecule has 1 aromatic carbocycles. The van der Waals surface area contributed by atoms with Crippen molar-refractivity contribution in [2.24, 2.45) is 5.10 Å². The lowest BCUT2D eigenvalue weighted by atomic mass is 10.0. The Labute approximate surface area is 257 Å². The van der Waals surface area contributed by atoms with E-state index in [4.69, 9.17) is 29.4 Å². The van der Waals surface area contributed by atoms with Crippen molar-refractivity contribution in [1.82, 2.24) is 5.01 Å². The molecule has 0 aliphatic carbocycles. The summed E-state index contributed by atoms with van der Waals surface area (Å²) in [6.45, 7) is 5.38. The first-order chi connectivity index (χ1) is 19.4. The van der Waals surface area contributed by atoms with Gasteiger partial charge in [0.1, 0.15) is 6.61 Å². The maximum Gasteiger partial charge on any atom is 0.303 e. The normalized spacial score (nSPS) is 13.6. The molecule has 1 aromatic rings. The van der Waals surface area contributed by atoms with Gasteiger partial charge in [-0.15, -0.1) is 0 Å². The summed E-state index contributed by atoms with van der Waals surface area (Å²) in [7, 11) is 0. The summed E-state index contributed by atoms with van der Waals surface area (Å²) in [6, 6.07) is 2.91. The SMILES string of the molecule is CC(=O)OC[C@@H](OC(C)=O)[C@H](OC(C)=O)[C@H](OC(C)=O)[C@H](/C=N/N(C(C)=O)C(=O)c1cc(Br)cc(Br)c1N)OC(C)=O. The first-order valence-corrected chi connectivity index (χ1v) is 13.5. The Morgan fingerprint density at radius 1 is 0.810 bits per heavy atom. The summed E-state index contributed by atoms with van der Waals surface area (Å²) < 4.78 is 26.7. The minimum absolute atomic E-state index is 0.0106. The number of amides is 2. The van der Waals surface area contributed by atoms with Crippen molar-refractivity contribution in [3.05, 3.63) is 26.6 Å². The van der Waals surface area contributed by atoms with Crippen LogP contribution in [0.5, 0.6) is 0 Å². The molecule has 0 aliphatic heterocycles.